The zero-order valence-electron chi connectivity index (χ0n) is 13.8. The second-order valence-corrected chi connectivity index (χ2v) is 6.42. The van der Waals surface area contributed by atoms with Crippen LogP contribution in [-0.2, 0) is 0 Å². The maximum atomic E-state index is 12.3. The lowest BCUT2D eigenvalue weighted by Gasteiger charge is -2.07. The number of imidazole rings is 1. The number of hydrogen-bond acceptors (Lipinski definition) is 4. The van der Waals surface area contributed by atoms with Gasteiger partial charge in [0.05, 0.1) is 0 Å². The number of aromatic nitrogens is 4. The molecule has 0 bridgehead atoms. The molecule has 124 valence electrons. The van der Waals surface area contributed by atoms with Crippen LogP contribution in [0.1, 0.15) is 35.8 Å². The molecule has 0 saturated heterocycles. The number of anilines is 1. The Bertz CT molecular complexity index is 835. The number of benzene rings is 1. The van der Waals surface area contributed by atoms with Crippen LogP contribution in [0.15, 0.2) is 47.9 Å². The van der Waals surface area contributed by atoms with Gasteiger partial charge in [-0.05, 0) is 36.4 Å². The number of aromatic amines is 1. The molecule has 0 fully saturated rings. The molecular weight excluding hydrogens is 322 g/mol. The van der Waals surface area contributed by atoms with Crippen LogP contribution in [0.4, 0.5) is 5.82 Å². The van der Waals surface area contributed by atoms with Crippen molar-refractivity contribution in [3.63, 3.8) is 0 Å². The molecule has 1 amide bonds. The molecule has 0 spiro atoms. The summed E-state index contributed by atoms with van der Waals surface area (Å²) in [7, 11) is 0. The summed E-state index contributed by atoms with van der Waals surface area (Å²) in [5.41, 5.74) is 2.54. The Morgan fingerprint density at radius 3 is 2.67 bits per heavy atom. The third-order valence-corrected chi connectivity index (χ3v) is 4.33. The summed E-state index contributed by atoms with van der Waals surface area (Å²) in [6.45, 7) is 4.13. The van der Waals surface area contributed by atoms with E-state index in [2.05, 4.69) is 34.3 Å². The highest BCUT2D eigenvalue weighted by Crippen LogP contribution is 2.19. The molecule has 2 aromatic heterocycles. The van der Waals surface area contributed by atoms with E-state index in [1.54, 1.807) is 30.1 Å². The van der Waals surface area contributed by atoms with E-state index in [-0.39, 0.29) is 5.91 Å². The number of nitrogens with one attached hydrogen (secondary N) is 2. The maximum absolute atomic E-state index is 12.3. The number of thioether (sulfide) groups is 1. The normalized spacial score (nSPS) is 11.0. The van der Waals surface area contributed by atoms with Gasteiger partial charge >= 0.3 is 0 Å². The van der Waals surface area contributed by atoms with E-state index in [0.29, 0.717) is 17.3 Å². The highest BCUT2D eigenvalue weighted by molar-refractivity contribution is 7.98. The second-order valence-electron chi connectivity index (χ2n) is 5.65. The highest BCUT2D eigenvalue weighted by Gasteiger charge is 2.11. The first-order valence-electron chi connectivity index (χ1n) is 7.63. The highest BCUT2D eigenvalue weighted by atomic mass is 32.2. The van der Waals surface area contributed by atoms with Crippen LogP contribution in [0, 0.1) is 0 Å². The summed E-state index contributed by atoms with van der Waals surface area (Å²) >= 11 is 1.57. The first-order valence-corrected chi connectivity index (χ1v) is 8.85. The van der Waals surface area contributed by atoms with Gasteiger partial charge in [0.1, 0.15) is 0 Å². The first kappa shape index (κ1) is 16.3. The molecule has 1 aromatic carbocycles. The molecule has 0 aliphatic heterocycles. The number of carbonyl (C=O) groups excluding carboxylic acids is 1. The maximum Gasteiger partial charge on any atom is 0.256 e. The Hall–Kier alpha value is -2.54. The standard InChI is InChI=1S/C17H19N5OS/c1-11(2)14-10-15(21-20-14)19-16(23)12-4-6-13(7-5-12)22-9-8-18-17(22)24-3/h4-11H,1-3H3,(H2,19,20,21,23). The van der Waals surface area contributed by atoms with Gasteiger partial charge in [-0.3, -0.25) is 14.5 Å². The van der Waals surface area contributed by atoms with Crippen molar-refractivity contribution in [2.45, 2.75) is 24.9 Å². The van der Waals surface area contributed by atoms with Crippen molar-refractivity contribution >= 4 is 23.5 Å². The van der Waals surface area contributed by atoms with E-state index in [4.69, 9.17) is 0 Å². The number of hydrogen-bond donors (Lipinski definition) is 2. The predicted molar refractivity (Wildman–Crippen MR) is 96.0 cm³/mol. The number of amides is 1. The van der Waals surface area contributed by atoms with E-state index < -0.39 is 0 Å². The summed E-state index contributed by atoms with van der Waals surface area (Å²) in [4.78, 5) is 16.6. The van der Waals surface area contributed by atoms with Gasteiger partial charge in [0.2, 0.25) is 0 Å². The first-order chi connectivity index (χ1) is 11.6. The molecule has 0 atom stereocenters. The van der Waals surface area contributed by atoms with Crippen LogP contribution in [0.3, 0.4) is 0 Å². The van der Waals surface area contributed by atoms with E-state index in [9.17, 15) is 4.79 Å². The van der Waals surface area contributed by atoms with Crippen LogP contribution >= 0.6 is 11.8 Å². The minimum absolute atomic E-state index is 0.181. The summed E-state index contributed by atoms with van der Waals surface area (Å²) in [6.07, 6.45) is 5.64. The molecule has 2 N–H and O–H groups in total. The quantitative estimate of drug-likeness (QED) is 0.694. The average Bonchev–Trinajstić information content (AvgIpc) is 3.24. The Balaban J connectivity index is 1.74. The van der Waals surface area contributed by atoms with Crippen molar-refractivity contribution in [2.75, 3.05) is 11.6 Å². The molecule has 0 unspecified atom stereocenters. The summed E-state index contributed by atoms with van der Waals surface area (Å²) in [5.74, 6) is 0.689. The van der Waals surface area contributed by atoms with Crippen molar-refractivity contribution < 1.29 is 4.79 Å². The van der Waals surface area contributed by atoms with Crippen molar-refractivity contribution in [1.82, 2.24) is 19.7 Å². The predicted octanol–water partition coefficient (Wildman–Crippen LogP) is 3.69. The lowest BCUT2D eigenvalue weighted by Crippen LogP contribution is -2.12. The minimum atomic E-state index is -0.181. The largest absolute Gasteiger partial charge is 0.305 e. The van der Waals surface area contributed by atoms with Gasteiger partial charge in [-0.15, -0.1) is 0 Å². The van der Waals surface area contributed by atoms with Crippen molar-refractivity contribution in [2.24, 2.45) is 0 Å². The molecule has 0 aliphatic rings. The molecule has 0 radical (unpaired) electrons. The lowest BCUT2D eigenvalue weighted by atomic mass is 10.1. The molecule has 24 heavy (non-hydrogen) atoms. The second kappa shape index (κ2) is 6.92. The van der Waals surface area contributed by atoms with Gasteiger partial charge in [-0.25, -0.2) is 4.98 Å². The van der Waals surface area contributed by atoms with E-state index in [0.717, 1.165) is 16.5 Å². The van der Waals surface area contributed by atoms with E-state index in [1.807, 2.05) is 35.2 Å². The van der Waals surface area contributed by atoms with Gasteiger partial charge in [0.25, 0.3) is 5.91 Å². The van der Waals surface area contributed by atoms with Crippen LogP contribution < -0.4 is 5.32 Å². The Labute approximate surface area is 144 Å². The number of carbonyl (C=O) groups is 1. The molecule has 6 nitrogen and oxygen atoms in total. The Morgan fingerprint density at radius 1 is 1.29 bits per heavy atom. The van der Waals surface area contributed by atoms with Crippen LogP contribution in [0.5, 0.6) is 0 Å². The fourth-order valence-corrected chi connectivity index (χ4v) is 2.82. The lowest BCUT2D eigenvalue weighted by molar-refractivity contribution is 0.102. The fourth-order valence-electron chi connectivity index (χ4n) is 2.30. The molecule has 3 rings (SSSR count). The Morgan fingerprint density at radius 2 is 2.04 bits per heavy atom. The van der Waals surface area contributed by atoms with Crippen molar-refractivity contribution in [1.29, 1.82) is 0 Å². The number of rotatable bonds is 5. The summed E-state index contributed by atoms with van der Waals surface area (Å²) in [6, 6.07) is 9.25. The molecular formula is C17H19N5OS. The van der Waals surface area contributed by atoms with Gasteiger partial charge in [-0.2, -0.15) is 5.10 Å². The Kier molecular flexibility index (Phi) is 4.71. The van der Waals surface area contributed by atoms with Crippen LogP contribution in [-0.4, -0.2) is 31.9 Å². The monoisotopic (exact) mass is 341 g/mol. The molecule has 2 heterocycles. The SMILES string of the molecule is CSc1nccn1-c1ccc(C(=O)Nc2cc(C(C)C)[nH]n2)cc1. The third kappa shape index (κ3) is 3.35. The summed E-state index contributed by atoms with van der Waals surface area (Å²) < 4.78 is 1.98. The smallest absolute Gasteiger partial charge is 0.256 e. The average molecular weight is 341 g/mol. The van der Waals surface area contributed by atoms with Crippen LogP contribution in [0.25, 0.3) is 5.69 Å². The molecule has 7 heteroatoms. The fraction of sp³-hybridized carbons (Fsp3) is 0.235. The summed E-state index contributed by atoms with van der Waals surface area (Å²) in [5, 5.41) is 10.7. The van der Waals surface area contributed by atoms with Gasteiger partial charge in [0.15, 0.2) is 11.0 Å². The zero-order valence-corrected chi connectivity index (χ0v) is 14.6. The molecule has 3 aromatic rings. The molecule has 0 aliphatic carbocycles. The zero-order chi connectivity index (χ0) is 17.1. The van der Waals surface area contributed by atoms with Gasteiger partial charge in [-0.1, -0.05) is 25.6 Å². The third-order valence-electron chi connectivity index (χ3n) is 3.66. The van der Waals surface area contributed by atoms with Crippen molar-refractivity contribution in [3.05, 3.63) is 54.0 Å². The number of nitrogens with zero attached hydrogens (tertiary/aromatic N) is 3. The van der Waals surface area contributed by atoms with Gasteiger partial charge < -0.3 is 5.32 Å². The molecule has 0 saturated carbocycles. The van der Waals surface area contributed by atoms with Crippen LogP contribution in [0.2, 0.25) is 0 Å². The number of H-pyrrole nitrogens is 1. The minimum Gasteiger partial charge on any atom is -0.305 e. The topological polar surface area (TPSA) is 75.6 Å². The van der Waals surface area contributed by atoms with Gasteiger partial charge in [0, 0.05) is 35.4 Å². The van der Waals surface area contributed by atoms with E-state index >= 15 is 0 Å². The van der Waals surface area contributed by atoms with E-state index in [1.165, 1.54) is 0 Å². The van der Waals surface area contributed by atoms with Crippen molar-refractivity contribution in [3.8, 4) is 5.69 Å².